The second kappa shape index (κ2) is 7.79. The number of carbonyl (C=O) groups is 2. The maximum atomic E-state index is 13.7. The quantitative estimate of drug-likeness (QED) is 0.605. The molecule has 1 N–H and O–H groups in total. The van der Waals surface area contributed by atoms with Crippen LogP contribution in [0.25, 0.3) is 10.8 Å². The van der Waals surface area contributed by atoms with Crippen molar-refractivity contribution in [3.63, 3.8) is 0 Å². The Bertz CT molecular complexity index is 1080. The summed E-state index contributed by atoms with van der Waals surface area (Å²) in [6, 6.07) is 10.8. The molecule has 148 valence electrons. The largest absolute Gasteiger partial charge is 0.439 e. The van der Waals surface area contributed by atoms with Crippen LogP contribution in [0.5, 0.6) is 0 Å². The zero-order valence-corrected chi connectivity index (χ0v) is 17.0. The Morgan fingerprint density at radius 3 is 2.86 bits per heavy atom. The number of pyridine rings is 1. The molecule has 1 fully saturated rings. The second-order valence-corrected chi connectivity index (χ2v) is 7.71. The third-order valence-electron chi connectivity index (χ3n) is 4.88. The van der Waals surface area contributed by atoms with Gasteiger partial charge in [-0.1, -0.05) is 40.2 Å². The average molecular weight is 458 g/mol. The first-order valence-corrected chi connectivity index (χ1v) is 9.78. The first-order valence-electron chi connectivity index (χ1n) is 8.99. The number of hydrogen-bond acceptors (Lipinski definition) is 4. The topological polar surface area (TPSA) is 71.5 Å². The lowest BCUT2D eigenvalue weighted by atomic mass is 10.0. The van der Waals surface area contributed by atoms with Gasteiger partial charge in [-0.15, -0.1) is 0 Å². The number of urea groups is 1. The number of ether oxygens (including phenoxy) is 1. The number of cyclic esters (lactones) is 1. The highest BCUT2D eigenvalue weighted by Crippen LogP contribution is 2.34. The van der Waals surface area contributed by atoms with Crippen LogP contribution in [-0.4, -0.2) is 28.1 Å². The Morgan fingerprint density at radius 1 is 1.28 bits per heavy atom. The van der Waals surface area contributed by atoms with E-state index in [1.807, 2.05) is 24.3 Å². The summed E-state index contributed by atoms with van der Waals surface area (Å²) in [4.78, 5) is 30.2. The minimum Gasteiger partial charge on any atom is -0.439 e. The number of fused-ring (bicyclic) bond motifs is 1. The summed E-state index contributed by atoms with van der Waals surface area (Å²) in [7, 11) is 0. The first kappa shape index (κ1) is 19.3. The van der Waals surface area contributed by atoms with Crippen molar-refractivity contribution in [2.75, 3.05) is 0 Å². The molecule has 8 heteroatoms. The molecule has 1 aromatic heterocycles. The van der Waals surface area contributed by atoms with Crippen LogP contribution in [0.2, 0.25) is 0 Å². The first-order chi connectivity index (χ1) is 13.9. The number of hydrogen-bond donors (Lipinski definition) is 1. The Kier molecular flexibility index (Phi) is 5.19. The minimum absolute atomic E-state index is 0.208. The van der Waals surface area contributed by atoms with E-state index in [-0.39, 0.29) is 6.54 Å². The Balaban J connectivity index is 1.50. The summed E-state index contributed by atoms with van der Waals surface area (Å²) >= 11 is 3.23. The van der Waals surface area contributed by atoms with E-state index in [0.717, 1.165) is 21.2 Å². The molecule has 2 aromatic carbocycles. The molecular weight excluding hydrogens is 441 g/mol. The molecule has 6 nitrogen and oxygen atoms in total. The fourth-order valence-corrected chi connectivity index (χ4v) is 3.98. The van der Waals surface area contributed by atoms with Gasteiger partial charge in [0.05, 0.1) is 6.04 Å². The van der Waals surface area contributed by atoms with Crippen LogP contribution in [0.1, 0.15) is 24.2 Å². The van der Waals surface area contributed by atoms with E-state index in [1.165, 1.54) is 12.1 Å². The molecule has 0 aliphatic carbocycles. The number of rotatable bonds is 3. The van der Waals surface area contributed by atoms with Gasteiger partial charge in [-0.25, -0.2) is 18.9 Å². The van der Waals surface area contributed by atoms with Gasteiger partial charge in [0.25, 0.3) is 0 Å². The van der Waals surface area contributed by atoms with Crippen molar-refractivity contribution < 1.29 is 18.7 Å². The highest BCUT2D eigenvalue weighted by Gasteiger charge is 2.43. The molecule has 0 radical (unpaired) electrons. The van der Waals surface area contributed by atoms with Gasteiger partial charge in [-0.3, -0.25) is 4.98 Å². The van der Waals surface area contributed by atoms with Crippen LogP contribution in [-0.2, 0) is 11.3 Å². The monoisotopic (exact) mass is 457 g/mol. The standard InChI is InChI=1S/C21H17BrFN3O3/c1-12-19(14-6-16(22)8-17(23)7-14)29-21(28)26(12)20(27)25-11-15-10-24-9-13-4-2-3-5-18(13)15/h2-10,12,19H,11H2,1H3,(H,25,27)/t12-,19-/m0/s1. The van der Waals surface area contributed by atoms with E-state index in [1.54, 1.807) is 25.4 Å². The maximum absolute atomic E-state index is 13.7. The van der Waals surface area contributed by atoms with E-state index in [4.69, 9.17) is 4.74 Å². The highest BCUT2D eigenvalue weighted by molar-refractivity contribution is 9.10. The molecule has 0 unspecified atom stereocenters. The summed E-state index contributed by atoms with van der Waals surface area (Å²) in [5.74, 6) is -0.455. The minimum atomic E-state index is -0.767. The number of imide groups is 1. The van der Waals surface area contributed by atoms with Gasteiger partial charge in [-0.05, 0) is 41.6 Å². The molecule has 3 aromatic rings. The van der Waals surface area contributed by atoms with Crippen molar-refractivity contribution in [3.8, 4) is 0 Å². The van der Waals surface area contributed by atoms with E-state index in [2.05, 4.69) is 26.2 Å². The van der Waals surface area contributed by atoms with Crippen molar-refractivity contribution in [2.24, 2.45) is 0 Å². The van der Waals surface area contributed by atoms with Crippen LogP contribution < -0.4 is 5.32 Å². The van der Waals surface area contributed by atoms with Crippen LogP contribution in [0.15, 0.2) is 59.3 Å². The fourth-order valence-electron chi connectivity index (χ4n) is 3.50. The molecule has 1 aliphatic heterocycles. The molecule has 2 atom stereocenters. The number of aromatic nitrogens is 1. The van der Waals surface area contributed by atoms with Gasteiger partial charge >= 0.3 is 12.1 Å². The van der Waals surface area contributed by atoms with E-state index in [9.17, 15) is 14.0 Å². The van der Waals surface area contributed by atoms with Crippen molar-refractivity contribution >= 4 is 38.8 Å². The van der Waals surface area contributed by atoms with Gasteiger partial charge in [0.15, 0.2) is 0 Å². The second-order valence-electron chi connectivity index (χ2n) is 6.80. The summed E-state index contributed by atoms with van der Waals surface area (Å²) in [5, 5.41) is 4.69. The van der Waals surface area contributed by atoms with Gasteiger partial charge in [0.2, 0.25) is 0 Å². The molecule has 3 amide bonds. The van der Waals surface area contributed by atoms with Crippen molar-refractivity contribution in [1.29, 1.82) is 0 Å². The highest BCUT2D eigenvalue weighted by atomic mass is 79.9. The third-order valence-corrected chi connectivity index (χ3v) is 5.34. The summed E-state index contributed by atoms with van der Waals surface area (Å²) < 4.78 is 19.6. The Hall–Kier alpha value is -3.00. The van der Waals surface area contributed by atoms with Crippen molar-refractivity contribution in [3.05, 3.63) is 76.3 Å². The van der Waals surface area contributed by atoms with Crippen LogP contribution in [0.4, 0.5) is 14.0 Å². The number of carbonyl (C=O) groups excluding carboxylic acids is 2. The predicted octanol–water partition coefficient (Wildman–Crippen LogP) is 4.93. The molecule has 4 rings (SSSR count). The van der Waals surface area contributed by atoms with Crippen LogP contribution >= 0.6 is 15.9 Å². The Labute approximate surface area is 174 Å². The SMILES string of the molecule is C[C@H]1[C@@H](c2cc(F)cc(Br)c2)OC(=O)N1C(=O)NCc1cncc2ccccc12. The smallest absolute Gasteiger partial charge is 0.419 e. The summed E-state index contributed by atoms with van der Waals surface area (Å²) in [6.07, 6.45) is 1.92. The molecule has 1 aliphatic rings. The molecule has 0 spiro atoms. The lowest BCUT2D eigenvalue weighted by Crippen LogP contribution is -2.44. The zero-order valence-electron chi connectivity index (χ0n) is 15.4. The fraction of sp³-hybridized carbons (Fsp3) is 0.190. The molecule has 0 saturated carbocycles. The number of nitrogens with one attached hydrogen (secondary N) is 1. The van der Waals surface area contributed by atoms with E-state index >= 15 is 0 Å². The summed E-state index contributed by atoms with van der Waals surface area (Å²) in [5.41, 5.74) is 1.31. The molecular formula is C21H17BrFN3O3. The molecule has 0 bridgehead atoms. The zero-order chi connectivity index (χ0) is 20.5. The molecule has 1 saturated heterocycles. The van der Waals surface area contributed by atoms with Crippen LogP contribution in [0, 0.1) is 5.82 Å². The van der Waals surface area contributed by atoms with Crippen molar-refractivity contribution in [1.82, 2.24) is 15.2 Å². The van der Waals surface area contributed by atoms with Crippen LogP contribution in [0.3, 0.4) is 0 Å². The molecule has 29 heavy (non-hydrogen) atoms. The van der Waals surface area contributed by atoms with E-state index < -0.39 is 30.1 Å². The lowest BCUT2D eigenvalue weighted by Gasteiger charge is -2.20. The lowest BCUT2D eigenvalue weighted by molar-refractivity contribution is 0.131. The number of nitrogens with zero attached hydrogens (tertiary/aromatic N) is 2. The van der Waals surface area contributed by atoms with Crippen molar-refractivity contribution in [2.45, 2.75) is 25.6 Å². The van der Waals surface area contributed by atoms with E-state index in [0.29, 0.717) is 10.0 Å². The maximum Gasteiger partial charge on any atom is 0.419 e. The molecule has 2 heterocycles. The number of halogens is 2. The number of benzene rings is 2. The average Bonchev–Trinajstić information content (AvgIpc) is 2.99. The van der Waals surface area contributed by atoms with Gasteiger partial charge < -0.3 is 10.1 Å². The number of amides is 3. The Morgan fingerprint density at radius 2 is 2.07 bits per heavy atom. The van der Waals surface area contributed by atoms with Gasteiger partial charge in [0.1, 0.15) is 11.9 Å². The third kappa shape index (κ3) is 3.80. The predicted molar refractivity (Wildman–Crippen MR) is 109 cm³/mol. The summed E-state index contributed by atoms with van der Waals surface area (Å²) in [6.45, 7) is 1.90. The van der Waals surface area contributed by atoms with Gasteiger partial charge in [-0.2, -0.15) is 0 Å². The van der Waals surface area contributed by atoms with Gasteiger partial charge in [0, 0.05) is 28.8 Å². The normalized spacial score (nSPS) is 18.7.